The molecule has 5 heteroatoms. The maximum Gasteiger partial charge on any atom is 0.416 e. The van der Waals surface area contributed by atoms with Crippen molar-refractivity contribution >= 4 is 5.69 Å². The number of alkyl halides is 3. The number of benzene rings is 2. The number of anilines is 1. The molecule has 0 spiro atoms. The lowest BCUT2D eigenvalue weighted by Crippen LogP contribution is -2.15. The molecule has 21 heavy (non-hydrogen) atoms. The monoisotopic (exact) mass is 294 g/mol. The molecular weight excluding hydrogens is 277 g/mol. The third-order valence-electron chi connectivity index (χ3n) is 3.22. The Kier molecular flexibility index (Phi) is 4.85. The molecule has 2 aromatic rings. The van der Waals surface area contributed by atoms with E-state index in [1.54, 1.807) is 0 Å². The third kappa shape index (κ3) is 4.49. The molecule has 0 heterocycles. The lowest BCUT2D eigenvalue weighted by atomic mass is 10.1. The number of hydrogen-bond acceptors (Lipinski definition) is 2. The highest BCUT2D eigenvalue weighted by molar-refractivity contribution is 5.45. The fraction of sp³-hybridized carbons (Fsp3) is 0.250. The fourth-order valence-corrected chi connectivity index (χ4v) is 2.02. The van der Waals surface area contributed by atoms with E-state index >= 15 is 0 Å². The quantitative estimate of drug-likeness (QED) is 0.867. The van der Waals surface area contributed by atoms with Crippen molar-refractivity contribution in [2.75, 3.05) is 11.9 Å². The van der Waals surface area contributed by atoms with Crippen molar-refractivity contribution in [3.05, 3.63) is 65.7 Å². The molecule has 0 aliphatic carbocycles. The minimum Gasteiger partial charge on any atom is -0.385 e. The second kappa shape index (κ2) is 6.63. The van der Waals surface area contributed by atoms with Gasteiger partial charge in [0.15, 0.2) is 0 Å². The van der Waals surface area contributed by atoms with E-state index in [0.717, 1.165) is 17.7 Å². The van der Waals surface area contributed by atoms with Gasteiger partial charge in [-0.3, -0.25) is 0 Å². The fourth-order valence-electron chi connectivity index (χ4n) is 2.02. The van der Waals surface area contributed by atoms with Gasteiger partial charge in [0.1, 0.15) is 0 Å². The molecule has 112 valence electrons. The van der Waals surface area contributed by atoms with Crippen LogP contribution in [0.1, 0.15) is 23.6 Å². The molecule has 0 radical (unpaired) electrons. The summed E-state index contributed by atoms with van der Waals surface area (Å²) in [4.78, 5) is 0. The molecule has 2 nitrogen and oxygen atoms in total. The highest BCUT2D eigenvalue weighted by Crippen LogP contribution is 2.29. The van der Waals surface area contributed by atoms with E-state index in [1.165, 1.54) is 12.1 Å². The molecule has 1 atom stereocenters. The lowest BCUT2D eigenvalue weighted by Gasteiger charge is -2.13. The van der Waals surface area contributed by atoms with Gasteiger partial charge in [-0.1, -0.05) is 30.3 Å². The maximum atomic E-state index is 12.4. The Labute approximate surface area is 121 Å². The third-order valence-corrected chi connectivity index (χ3v) is 3.22. The van der Waals surface area contributed by atoms with Crippen molar-refractivity contribution in [2.45, 2.75) is 18.6 Å². The summed E-state index contributed by atoms with van der Waals surface area (Å²) in [7, 11) is 0. The molecule has 0 saturated heterocycles. The van der Waals surface area contributed by atoms with Crippen LogP contribution in [0.4, 0.5) is 18.9 Å². The predicted octanol–water partition coefficient (Wildman–Crippen LogP) is 4.21. The minimum absolute atomic E-state index is 0.0897. The van der Waals surface area contributed by atoms with Crippen molar-refractivity contribution in [1.82, 2.24) is 0 Å². The van der Waals surface area contributed by atoms with Gasteiger partial charge in [-0.05, 0) is 36.2 Å². The first-order valence-corrected chi connectivity index (χ1v) is 6.68. The van der Waals surface area contributed by atoms with E-state index in [4.69, 9.17) is 5.73 Å². The minimum atomic E-state index is -4.30. The summed E-state index contributed by atoms with van der Waals surface area (Å²) in [5.74, 6) is 0. The zero-order chi connectivity index (χ0) is 15.3. The summed E-state index contributed by atoms with van der Waals surface area (Å²) in [5, 5.41) is 3.08. The molecule has 0 aliphatic rings. The zero-order valence-corrected chi connectivity index (χ0v) is 11.4. The van der Waals surface area contributed by atoms with Crippen molar-refractivity contribution in [3.63, 3.8) is 0 Å². The SMILES string of the molecule is NC(CCNc1ccc(C(F)(F)F)cc1)c1ccccc1. The van der Waals surface area contributed by atoms with Gasteiger partial charge in [-0.2, -0.15) is 13.2 Å². The lowest BCUT2D eigenvalue weighted by molar-refractivity contribution is -0.137. The van der Waals surface area contributed by atoms with E-state index in [2.05, 4.69) is 5.32 Å². The van der Waals surface area contributed by atoms with E-state index in [-0.39, 0.29) is 6.04 Å². The molecule has 3 N–H and O–H groups in total. The highest BCUT2D eigenvalue weighted by Gasteiger charge is 2.29. The Morgan fingerprint density at radius 1 is 0.952 bits per heavy atom. The van der Waals surface area contributed by atoms with Gasteiger partial charge < -0.3 is 11.1 Å². The highest BCUT2D eigenvalue weighted by atomic mass is 19.4. The van der Waals surface area contributed by atoms with Gasteiger partial charge in [0.2, 0.25) is 0 Å². The summed E-state index contributed by atoms with van der Waals surface area (Å²) in [5.41, 5.74) is 7.11. The smallest absolute Gasteiger partial charge is 0.385 e. The number of nitrogens with one attached hydrogen (secondary N) is 1. The number of hydrogen-bond donors (Lipinski definition) is 2. The molecule has 2 aromatic carbocycles. The van der Waals surface area contributed by atoms with Crippen LogP contribution in [0.3, 0.4) is 0 Å². The normalized spacial score (nSPS) is 13.0. The Bertz CT molecular complexity index is 550. The van der Waals surface area contributed by atoms with Gasteiger partial charge in [-0.25, -0.2) is 0 Å². The van der Waals surface area contributed by atoms with E-state index in [9.17, 15) is 13.2 Å². The first kappa shape index (κ1) is 15.4. The van der Waals surface area contributed by atoms with Gasteiger partial charge >= 0.3 is 6.18 Å². The van der Waals surface area contributed by atoms with Gasteiger partial charge in [0.05, 0.1) is 5.56 Å². The van der Waals surface area contributed by atoms with Gasteiger partial charge in [-0.15, -0.1) is 0 Å². The second-order valence-corrected chi connectivity index (χ2v) is 4.81. The Morgan fingerprint density at radius 3 is 2.14 bits per heavy atom. The summed E-state index contributed by atoms with van der Waals surface area (Å²) in [6.07, 6.45) is -3.60. The first-order chi connectivity index (χ1) is 9.97. The van der Waals surface area contributed by atoms with Crippen LogP contribution in [0.5, 0.6) is 0 Å². The second-order valence-electron chi connectivity index (χ2n) is 4.81. The topological polar surface area (TPSA) is 38.0 Å². The first-order valence-electron chi connectivity index (χ1n) is 6.68. The molecular formula is C16H17F3N2. The average molecular weight is 294 g/mol. The molecule has 2 rings (SSSR count). The van der Waals surface area contributed by atoms with Crippen LogP contribution in [-0.2, 0) is 6.18 Å². The van der Waals surface area contributed by atoms with Crippen molar-refractivity contribution < 1.29 is 13.2 Å². The maximum absolute atomic E-state index is 12.4. The van der Waals surface area contributed by atoms with Crippen LogP contribution in [0.2, 0.25) is 0 Å². The van der Waals surface area contributed by atoms with Gasteiger partial charge in [0.25, 0.3) is 0 Å². The van der Waals surface area contributed by atoms with E-state index < -0.39 is 11.7 Å². The predicted molar refractivity (Wildman–Crippen MR) is 77.9 cm³/mol. The Hall–Kier alpha value is -2.01. The largest absolute Gasteiger partial charge is 0.416 e. The Morgan fingerprint density at radius 2 is 1.57 bits per heavy atom. The van der Waals surface area contributed by atoms with Crippen LogP contribution >= 0.6 is 0 Å². The van der Waals surface area contributed by atoms with Crippen molar-refractivity contribution in [3.8, 4) is 0 Å². The molecule has 1 unspecified atom stereocenters. The Balaban J connectivity index is 1.84. The molecule has 0 saturated carbocycles. The van der Waals surface area contributed by atoms with Crippen LogP contribution in [0, 0.1) is 0 Å². The van der Waals surface area contributed by atoms with Crippen LogP contribution < -0.4 is 11.1 Å². The number of halogens is 3. The van der Waals surface area contributed by atoms with Crippen LogP contribution in [-0.4, -0.2) is 6.54 Å². The summed E-state index contributed by atoms with van der Waals surface area (Å²) in [6.45, 7) is 0.599. The number of nitrogens with two attached hydrogens (primary N) is 1. The number of rotatable bonds is 5. The summed E-state index contributed by atoms with van der Waals surface area (Å²) >= 11 is 0. The molecule has 0 amide bonds. The molecule has 0 aromatic heterocycles. The average Bonchev–Trinajstić information content (AvgIpc) is 2.47. The molecule has 0 fully saturated rings. The van der Waals surface area contributed by atoms with E-state index in [0.29, 0.717) is 18.7 Å². The van der Waals surface area contributed by atoms with Gasteiger partial charge in [0, 0.05) is 18.3 Å². The van der Waals surface area contributed by atoms with Crippen molar-refractivity contribution in [1.29, 1.82) is 0 Å². The summed E-state index contributed by atoms with van der Waals surface area (Å²) < 4.78 is 37.3. The van der Waals surface area contributed by atoms with Crippen LogP contribution in [0.25, 0.3) is 0 Å². The molecule has 0 bridgehead atoms. The summed E-state index contributed by atoms with van der Waals surface area (Å²) in [6, 6.07) is 14.6. The standard InChI is InChI=1S/C16H17F3N2/c17-16(18,19)13-6-8-14(9-7-13)21-11-10-15(20)12-4-2-1-3-5-12/h1-9,15,21H,10-11,20H2. The van der Waals surface area contributed by atoms with Crippen LogP contribution in [0.15, 0.2) is 54.6 Å². The van der Waals surface area contributed by atoms with E-state index in [1.807, 2.05) is 30.3 Å². The zero-order valence-electron chi connectivity index (χ0n) is 11.4. The molecule has 0 aliphatic heterocycles. The van der Waals surface area contributed by atoms with Crippen molar-refractivity contribution in [2.24, 2.45) is 5.73 Å².